The van der Waals surface area contributed by atoms with Crippen LogP contribution in [0.5, 0.6) is 0 Å². The molecule has 0 heterocycles. The molecular formula is C16H25FN2. The molecule has 0 bridgehead atoms. The maximum atomic E-state index is 14.3. The standard InChI is InChI=1S/C16H25FN2/c1-3-19(13-8-5-4-6-9-13)16-14(12(2)18)10-7-11-15(16)17/h7,10-13H,3-6,8-9,18H2,1-2H3/t12-/m1/s1. The summed E-state index contributed by atoms with van der Waals surface area (Å²) in [5, 5.41) is 0. The summed E-state index contributed by atoms with van der Waals surface area (Å²) in [6.45, 7) is 4.87. The number of halogens is 1. The highest BCUT2D eigenvalue weighted by Gasteiger charge is 2.25. The van der Waals surface area contributed by atoms with Crippen LogP contribution in [0.2, 0.25) is 0 Å². The van der Waals surface area contributed by atoms with Gasteiger partial charge in [-0.3, -0.25) is 0 Å². The monoisotopic (exact) mass is 264 g/mol. The summed E-state index contributed by atoms with van der Waals surface area (Å²) in [4.78, 5) is 2.23. The van der Waals surface area contributed by atoms with E-state index >= 15 is 0 Å². The number of anilines is 1. The van der Waals surface area contributed by atoms with Gasteiger partial charge in [-0.05, 0) is 38.3 Å². The third-order valence-electron chi connectivity index (χ3n) is 4.15. The molecule has 2 N–H and O–H groups in total. The highest BCUT2D eigenvalue weighted by Crippen LogP contribution is 2.33. The molecule has 0 aromatic heterocycles. The average molecular weight is 264 g/mol. The number of benzene rings is 1. The fourth-order valence-corrected chi connectivity index (χ4v) is 3.19. The highest BCUT2D eigenvalue weighted by atomic mass is 19.1. The van der Waals surface area contributed by atoms with E-state index in [1.807, 2.05) is 13.0 Å². The molecule has 106 valence electrons. The lowest BCUT2D eigenvalue weighted by Gasteiger charge is -2.37. The first-order valence-corrected chi connectivity index (χ1v) is 7.45. The first-order valence-electron chi connectivity index (χ1n) is 7.45. The van der Waals surface area contributed by atoms with E-state index < -0.39 is 0 Å². The lowest BCUT2D eigenvalue weighted by molar-refractivity contribution is 0.413. The van der Waals surface area contributed by atoms with Crippen LogP contribution in [0.15, 0.2) is 18.2 Å². The lowest BCUT2D eigenvalue weighted by atomic mass is 9.92. The fourth-order valence-electron chi connectivity index (χ4n) is 3.19. The first-order chi connectivity index (χ1) is 9.15. The minimum Gasteiger partial charge on any atom is -0.366 e. The Morgan fingerprint density at radius 2 is 2.00 bits per heavy atom. The van der Waals surface area contributed by atoms with Gasteiger partial charge < -0.3 is 10.6 Å². The van der Waals surface area contributed by atoms with Crippen LogP contribution in [0.25, 0.3) is 0 Å². The summed E-state index contributed by atoms with van der Waals surface area (Å²) >= 11 is 0. The Bertz CT molecular complexity index is 411. The summed E-state index contributed by atoms with van der Waals surface area (Å²) in [7, 11) is 0. The Morgan fingerprint density at radius 1 is 1.32 bits per heavy atom. The van der Waals surface area contributed by atoms with E-state index in [1.165, 1.54) is 32.1 Å². The molecule has 3 heteroatoms. The van der Waals surface area contributed by atoms with Gasteiger partial charge >= 0.3 is 0 Å². The lowest BCUT2D eigenvalue weighted by Crippen LogP contribution is -2.38. The second-order valence-electron chi connectivity index (χ2n) is 5.54. The molecule has 2 nitrogen and oxygen atoms in total. The predicted molar refractivity (Wildman–Crippen MR) is 78.9 cm³/mol. The van der Waals surface area contributed by atoms with Gasteiger partial charge in [0.05, 0.1) is 5.69 Å². The molecule has 0 saturated heterocycles. The van der Waals surface area contributed by atoms with Crippen molar-refractivity contribution in [2.75, 3.05) is 11.4 Å². The molecule has 2 rings (SSSR count). The molecule has 0 aliphatic heterocycles. The summed E-state index contributed by atoms with van der Waals surface area (Å²) in [6, 6.07) is 5.59. The van der Waals surface area contributed by atoms with Gasteiger partial charge in [0.15, 0.2) is 0 Å². The normalized spacial score (nSPS) is 18.3. The quantitative estimate of drug-likeness (QED) is 0.890. The van der Waals surface area contributed by atoms with Crippen molar-refractivity contribution in [1.82, 2.24) is 0 Å². The van der Waals surface area contributed by atoms with Crippen LogP contribution >= 0.6 is 0 Å². The topological polar surface area (TPSA) is 29.3 Å². The van der Waals surface area contributed by atoms with E-state index in [-0.39, 0.29) is 11.9 Å². The van der Waals surface area contributed by atoms with Gasteiger partial charge in [-0.25, -0.2) is 4.39 Å². The van der Waals surface area contributed by atoms with Gasteiger partial charge in [0.1, 0.15) is 5.82 Å². The third-order valence-corrected chi connectivity index (χ3v) is 4.15. The van der Waals surface area contributed by atoms with Crippen molar-refractivity contribution in [2.24, 2.45) is 5.73 Å². The second-order valence-corrected chi connectivity index (χ2v) is 5.54. The molecule has 1 aromatic carbocycles. The van der Waals surface area contributed by atoms with Crippen LogP contribution in [0, 0.1) is 5.82 Å². The molecule has 1 atom stereocenters. The molecule has 0 spiro atoms. The number of para-hydroxylation sites is 1. The molecule has 1 aliphatic carbocycles. The highest BCUT2D eigenvalue weighted by molar-refractivity contribution is 5.57. The zero-order valence-electron chi connectivity index (χ0n) is 12.0. The SMILES string of the molecule is CCN(c1c(F)cccc1[C@@H](C)N)C1CCCCC1. The number of hydrogen-bond acceptors (Lipinski definition) is 2. The molecule has 1 aliphatic rings. The zero-order valence-corrected chi connectivity index (χ0v) is 12.0. The first kappa shape index (κ1) is 14.3. The van der Waals surface area contributed by atoms with Gasteiger partial charge in [-0.1, -0.05) is 31.4 Å². The van der Waals surface area contributed by atoms with Crippen molar-refractivity contribution in [3.8, 4) is 0 Å². The molecule has 0 radical (unpaired) electrons. The van der Waals surface area contributed by atoms with Crippen LogP contribution in [-0.2, 0) is 0 Å². The van der Waals surface area contributed by atoms with Crippen molar-refractivity contribution in [2.45, 2.75) is 58.0 Å². The Kier molecular flexibility index (Phi) is 4.81. The zero-order chi connectivity index (χ0) is 13.8. The van der Waals surface area contributed by atoms with Crippen molar-refractivity contribution in [3.05, 3.63) is 29.6 Å². The number of nitrogens with two attached hydrogens (primary N) is 1. The predicted octanol–water partition coefficient (Wildman–Crippen LogP) is 4.00. The Balaban J connectivity index is 2.36. The maximum absolute atomic E-state index is 14.3. The molecule has 0 amide bonds. The van der Waals surface area contributed by atoms with Crippen LogP contribution in [0.1, 0.15) is 57.6 Å². The van der Waals surface area contributed by atoms with Crippen molar-refractivity contribution < 1.29 is 4.39 Å². The summed E-state index contributed by atoms with van der Waals surface area (Å²) in [5.74, 6) is -0.137. The molecule has 19 heavy (non-hydrogen) atoms. The van der Waals surface area contributed by atoms with E-state index in [1.54, 1.807) is 12.1 Å². The molecule has 1 saturated carbocycles. The van der Waals surface area contributed by atoms with Gasteiger partial charge in [0.2, 0.25) is 0 Å². The summed E-state index contributed by atoms with van der Waals surface area (Å²) < 4.78 is 14.3. The summed E-state index contributed by atoms with van der Waals surface area (Å²) in [6.07, 6.45) is 6.15. The van der Waals surface area contributed by atoms with Gasteiger partial charge in [-0.15, -0.1) is 0 Å². The van der Waals surface area contributed by atoms with Crippen molar-refractivity contribution in [3.63, 3.8) is 0 Å². The van der Waals surface area contributed by atoms with Gasteiger partial charge in [0.25, 0.3) is 0 Å². The van der Waals surface area contributed by atoms with Crippen LogP contribution < -0.4 is 10.6 Å². The average Bonchev–Trinajstić information content (AvgIpc) is 2.42. The van der Waals surface area contributed by atoms with Crippen LogP contribution in [-0.4, -0.2) is 12.6 Å². The number of hydrogen-bond donors (Lipinski definition) is 1. The molecular weight excluding hydrogens is 239 g/mol. The van der Waals surface area contributed by atoms with E-state index in [0.29, 0.717) is 6.04 Å². The van der Waals surface area contributed by atoms with Gasteiger partial charge in [-0.2, -0.15) is 0 Å². The Morgan fingerprint density at radius 3 is 2.58 bits per heavy atom. The minimum absolute atomic E-state index is 0.136. The van der Waals surface area contributed by atoms with Crippen molar-refractivity contribution >= 4 is 5.69 Å². The van der Waals surface area contributed by atoms with E-state index in [9.17, 15) is 4.39 Å². The Hall–Kier alpha value is -1.09. The maximum Gasteiger partial charge on any atom is 0.146 e. The molecule has 1 fully saturated rings. The third kappa shape index (κ3) is 3.08. The number of rotatable bonds is 4. The molecule has 1 aromatic rings. The molecule has 0 unspecified atom stereocenters. The van der Waals surface area contributed by atoms with Gasteiger partial charge in [0, 0.05) is 18.6 Å². The Labute approximate surface area is 115 Å². The van der Waals surface area contributed by atoms with E-state index in [4.69, 9.17) is 5.73 Å². The minimum atomic E-state index is -0.137. The van der Waals surface area contributed by atoms with E-state index in [0.717, 1.165) is 17.8 Å². The van der Waals surface area contributed by atoms with Crippen LogP contribution in [0.4, 0.5) is 10.1 Å². The number of nitrogens with zero attached hydrogens (tertiary/aromatic N) is 1. The smallest absolute Gasteiger partial charge is 0.146 e. The van der Waals surface area contributed by atoms with Crippen molar-refractivity contribution in [1.29, 1.82) is 0 Å². The summed E-state index contributed by atoms with van der Waals surface area (Å²) in [5.41, 5.74) is 7.66. The fraction of sp³-hybridized carbons (Fsp3) is 0.625. The van der Waals surface area contributed by atoms with Crippen LogP contribution in [0.3, 0.4) is 0 Å². The van der Waals surface area contributed by atoms with E-state index in [2.05, 4.69) is 11.8 Å². The second kappa shape index (κ2) is 6.38. The largest absolute Gasteiger partial charge is 0.366 e.